The molecule has 3 aromatic carbocycles. The average molecular weight is 430 g/mol. The lowest BCUT2D eigenvalue weighted by molar-refractivity contribution is 0.0949. The molecular formula is C26H27N3O3. The quantitative estimate of drug-likeness (QED) is 0.390. The zero-order valence-corrected chi connectivity index (χ0v) is 18.4. The molecule has 0 aliphatic carbocycles. The van der Waals surface area contributed by atoms with Gasteiger partial charge in [0.25, 0.3) is 5.91 Å². The number of amides is 1. The van der Waals surface area contributed by atoms with Gasteiger partial charge < -0.3 is 19.4 Å². The number of ether oxygens (including phenoxy) is 2. The van der Waals surface area contributed by atoms with E-state index in [0.29, 0.717) is 18.7 Å². The largest absolute Gasteiger partial charge is 0.497 e. The number of carbonyl (C=O) groups excluding carboxylic acids is 1. The summed E-state index contributed by atoms with van der Waals surface area (Å²) < 4.78 is 13.3. The number of nitrogens with one attached hydrogen (secondary N) is 1. The minimum atomic E-state index is -0.144. The summed E-state index contributed by atoms with van der Waals surface area (Å²) in [5, 5.41) is 2.98. The van der Waals surface area contributed by atoms with Gasteiger partial charge in [0.05, 0.1) is 31.3 Å². The van der Waals surface area contributed by atoms with Crippen LogP contribution in [0.3, 0.4) is 0 Å². The lowest BCUT2D eigenvalue weighted by Gasteiger charge is -2.12. The van der Waals surface area contributed by atoms with E-state index in [-0.39, 0.29) is 5.91 Å². The van der Waals surface area contributed by atoms with Gasteiger partial charge in [-0.25, -0.2) is 4.98 Å². The Hall–Kier alpha value is -3.80. The SMILES string of the molecule is COc1ccc(C(=O)NCc2nc3ccccc3n2CCCOc2ccccc2C)cc1. The van der Waals surface area contributed by atoms with Crippen molar-refractivity contribution in [3.05, 3.63) is 89.7 Å². The molecule has 4 aromatic rings. The molecule has 1 amide bonds. The molecule has 0 aliphatic heterocycles. The molecule has 0 aliphatic rings. The third-order valence-corrected chi connectivity index (χ3v) is 5.37. The lowest BCUT2D eigenvalue weighted by atomic mass is 10.2. The van der Waals surface area contributed by atoms with Crippen molar-refractivity contribution in [3.63, 3.8) is 0 Å². The highest BCUT2D eigenvalue weighted by Gasteiger charge is 2.13. The molecule has 1 aromatic heterocycles. The van der Waals surface area contributed by atoms with E-state index in [4.69, 9.17) is 14.5 Å². The Morgan fingerprint density at radius 3 is 2.53 bits per heavy atom. The van der Waals surface area contributed by atoms with Crippen LogP contribution in [0.5, 0.6) is 11.5 Å². The lowest BCUT2D eigenvalue weighted by Crippen LogP contribution is -2.25. The molecule has 4 rings (SSSR count). The van der Waals surface area contributed by atoms with Crippen molar-refractivity contribution in [2.45, 2.75) is 26.4 Å². The van der Waals surface area contributed by atoms with Gasteiger partial charge in [-0.2, -0.15) is 0 Å². The summed E-state index contributed by atoms with van der Waals surface area (Å²) in [5.74, 6) is 2.31. The molecule has 0 bridgehead atoms. The summed E-state index contributed by atoms with van der Waals surface area (Å²) in [5.41, 5.74) is 3.68. The second-order valence-corrected chi connectivity index (χ2v) is 7.55. The van der Waals surface area contributed by atoms with Crippen molar-refractivity contribution in [2.75, 3.05) is 13.7 Å². The highest BCUT2D eigenvalue weighted by Crippen LogP contribution is 2.19. The number of para-hydroxylation sites is 3. The minimum Gasteiger partial charge on any atom is -0.497 e. The topological polar surface area (TPSA) is 65.4 Å². The summed E-state index contributed by atoms with van der Waals surface area (Å²) in [6.45, 7) is 3.75. The van der Waals surface area contributed by atoms with Gasteiger partial charge in [0.2, 0.25) is 0 Å². The number of hydrogen-bond acceptors (Lipinski definition) is 4. The van der Waals surface area contributed by atoms with E-state index in [2.05, 4.69) is 16.0 Å². The van der Waals surface area contributed by atoms with Crippen molar-refractivity contribution in [1.29, 1.82) is 0 Å². The first-order valence-corrected chi connectivity index (χ1v) is 10.7. The summed E-state index contributed by atoms with van der Waals surface area (Å²) in [6, 6.07) is 23.1. The van der Waals surface area contributed by atoms with Gasteiger partial charge in [-0.1, -0.05) is 30.3 Å². The smallest absolute Gasteiger partial charge is 0.251 e. The highest BCUT2D eigenvalue weighted by molar-refractivity contribution is 5.94. The molecule has 0 spiro atoms. The molecule has 0 radical (unpaired) electrons. The third kappa shape index (κ3) is 4.91. The summed E-state index contributed by atoms with van der Waals surface area (Å²) in [6.07, 6.45) is 0.827. The predicted octanol–water partition coefficient (Wildman–Crippen LogP) is 4.75. The molecule has 0 saturated carbocycles. The van der Waals surface area contributed by atoms with Crippen LogP contribution in [0.15, 0.2) is 72.8 Å². The molecule has 6 heteroatoms. The fourth-order valence-corrected chi connectivity index (χ4v) is 3.64. The molecule has 1 N–H and O–H groups in total. The van der Waals surface area contributed by atoms with E-state index in [1.165, 1.54) is 0 Å². The Labute approximate surface area is 187 Å². The van der Waals surface area contributed by atoms with Crippen LogP contribution in [0.1, 0.15) is 28.2 Å². The van der Waals surface area contributed by atoms with Gasteiger partial charge in [0.15, 0.2) is 0 Å². The number of benzene rings is 3. The maximum absolute atomic E-state index is 12.6. The molecule has 0 atom stereocenters. The Balaban J connectivity index is 1.42. The van der Waals surface area contributed by atoms with Crippen LogP contribution < -0.4 is 14.8 Å². The Kier molecular flexibility index (Phi) is 6.70. The van der Waals surface area contributed by atoms with Crippen LogP contribution in [0.4, 0.5) is 0 Å². The number of hydrogen-bond donors (Lipinski definition) is 1. The first kappa shape index (κ1) is 21.4. The number of nitrogens with zero attached hydrogens (tertiary/aromatic N) is 2. The van der Waals surface area contributed by atoms with Gasteiger partial charge in [-0.05, 0) is 61.4 Å². The molecule has 1 heterocycles. The average Bonchev–Trinajstić information content (AvgIpc) is 3.19. The summed E-state index contributed by atoms with van der Waals surface area (Å²) in [7, 11) is 1.60. The van der Waals surface area contributed by atoms with Crippen molar-refractivity contribution in [3.8, 4) is 11.5 Å². The molecule has 6 nitrogen and oxygen atoms in total. The molecule has 0 unspecified atom stereocenters. The number of aryl methyl sites for hydroxylation is 2. The first-order chi connectivity index (χ1) is 15.7. The molecule has 0 saturated heterocycles. The highest BCUT2D eigenvalue weighted by atomic mass is 16.5. The fourth-order valence-electron chi connectivity index (χ4n) is 3.64. The van der Waals surface area contributed by atoms with Crippen LogP contribution in [-0.2, 0) is 13.1 Å². The van der Waals surface area contributed by atoms with Crippen molar-refractivity contribution < 1.29 is 14.3 Å². The standard InChI is InChI=1S/C26H27N3O3/c1-19-8-3-6-11-24(19)32-17-7-16-29-23-10-5-4-9-22(23)28-25(29)18-27-26(30)20-12-14-21(31-2)15-13-20/h3-6,8-15H,7,16-18H2,1-2H3,(H,27,30). The predicted molar refractivity (Wildman–Crippen MR) is 125 cm³/mol. The maximum Gasteiger partial charge on any atom is 0.251 e. The maximum atomic E-state index is 12.6. The van der Waals surface area contributed by atoms with Crippen molar-refractivity contribution >= 4 is 16.9 Å². The normalized spacial score (nSPS) is 10.8. The summed E-state index contributed by atoms with van der Waals surface area (Å²) >= 11 is 0. The molecule has 0 fully saturated rings. The number of methoxy groups -OCH3 is 1. The van der Waals surface area contributed by atoms with E-state index in [1.807, 2.05) is 49.4 Å². The van der Waals surface area contributed by atoms with E-state index < -0.39 is 0 Å². The van der Waals surface area contributed by atoms with Gasteiger partial charge in [0, 0.05) is 12.1 Å². The van der Waals surface area contributed by atoms with Gasteiger partial charge in [-0.3, -0.25) is 4.79 Å². The zero-order chi connectivity index (χ0) is 22.3. The van der Waals surface area contributed by atoms with Crippen molar-refractivity contribution in [1.82, 2.24) is 14.9 Å². The number of carbonyl (C=O) groups is 1. The first-order valence-electron chi connectivity index (χ1n) is 10.7. The Morgan fingerprint density at radius 1 is 1.00 bits per heavy atom. The number of imidazole rings is 1. The number of fused-ring (bicyclic) bond motifs is 1. The van der Waals surface area contributed by atoms with Crippen LogP contribution in [0, 0.1) is 6.92 Å². The van der Waals surface area contributed by atoms with E-state index in [9.17, 15) is 4.79 Å². The summed E-state index contributed by atoms with van der Waals surface area (Å²) in [4.78, 5) is 17.3. The fraction of sp³-hybridized carbons (Fsp3) is 0.231. The van der Waals surface area contributed by atoms with Crippen LogP contribution in [0.2, 0.25) is 0 Å². The zero-order valence-electron chi connectivity index (χ0n) is 18.4. The van der Waals surface area contributed by atoms with E-state index >= 15 is 0 Å². The van der Waals surface area contributed by atoms with Crippen LogP contribution in [0.25, 0.3) is 11.0 Å². The Morgan fingerprint density at radius 2 is 1.75 bits per heavy atom. The van der Waals surface area contributed by atoms with E-state index in [1.54, 1.807) is 31.4 Å². The van der Waals surface area contributed by atoms with Gasteiger partial charge in [-0.15, -0.1) is 0 Å². The van der Waals surface area contributed by atoms with Gasteiger partial charge in [0.1, 0.15) is 17.3 Å². The Bertz CT molecular complexity index is 1200. The van der Waals surface area contributed by atoms with Gasteiger partial charge >= 0.3 is 0 Å². The third-order valence-electron chi connectivity index (χ3n) is 5.37. The van der Waals surface area contributed by atoms with Crippen LogP contribution in [-0.4, -0.2) is 29.2 Å². The van der Waals surface area contributed by atoms with E-state index in [0.717, 1.165) is 46.9 Å². The minimum absolute atomic E-state index is 0.144. The number of rotatable bonds is 9. The van der Waals surface area contributed by atoms with Crippen LogP contribution >= 0.6 is 0 Å². The monoisotopic (exact) mass is 429 g/mol. The molecular weight excluding hydrogens is 402 g/mol. The number of aromatic nitrogens is 2. The molecule has 32 heavy (non-hydrogen) atoms. The van der Waals surface area contributed by atoms with Crippen molar-refractivity contribution in [2.24, 2.45) is 0 Å². The second kappa shape index (κ2) is 10.0. The second-order valence-electron chi connectivity index (χ2n) is 7.55. The molecule has 164 valence electrons.